The minimum Gasteiger partial charge on any atom is -0.361 e. The van der Waals surface area contributed by atoms with E-state index in [9.17, 15) is 4.79 Å². The van der Waals surface area contributed by atoms with Crippen molar-refractivity contribution in [3.05, 3.63) is 35.5 Å². The lowest BCUT2D eigenvalue weighted by Gasteiger charge is -2.45. The molecule has 4 nitrogen and oxygen atoms in total. The Kier molecular flexibility index (Phi) is 3.64. The van der Waals surface area contributed by atoms with E-state index in [0.29, 0.717) is 12.0 Å². The second kappa shape index (κ2) is 5.68. The number of rotatable bonds is 3. The van der Waals surface area contributed by atoms with Crippen LogP contribution in [0.25, 0.3) is 10.9 Å². The van der Waals surface area contributed by atoms with E-state index in [1.165, 1.54) is 22.0 Å². The number of nitrogens with one attached hydrogen (secondary N) is 2. The number of piperidine rings is 1. The molecule has 2 unspecified atom stereocenters. The van der Waals surface area contributed by atoms with Crippen molar-refractivity contribution in [3.63, 3.8) is 0 Å². The quantitative estimate of drug-likeness (QED) is 0.915. The number of H-pyrrole nitrogens is 1. The molecule has 1 aliphatic carbocycles. The molecule has 1 aromatic carbocycles. The third kappa shape index (κ3) is 2.36. The molecule has 4 heteroatoms. The predicted molar refractivity (Wildman–Crippen MR) is 92.6 cm³/mol. The first kappa shape index (κ1) is 14.8. The van der Waals surface area contributed by atoms with Crippen molar-refractivity contribution in [2.45, 2.75) is 38.1 Å². The standard InChI is InChI=1S/C19H25N3O/c1-3-7-20-19(23)13-8-15-14-5-4-6-16-18(14)12(10-21-16)9-17(15)22(2)11-13/h4-6,10,13,15,17,21H,3,7-9,11H2,1-2H3,(H,20,23)/t13?,15?,17-/m1/s1. The third-order valence-electron chi connectivity index (χ3n) is 5.65. The lowest BCUT2D eigenvalue weighted by molar-refractivity contribution is -0.127. The molecule has 3 atom stereocenters. The number of nitrogens with zero attached hydrogens (tertiary/aromatic N) is 1. The first-order chi connectivity index (χ1) is 11.2. The maximum atomic E-state index is 12.5. The number of hydrogen-bond acceptors (Lipinski definition) is 2. The molecular weight excluding hydrogens is 286 g/mol. The number of benzene rings is 1. The van der Waals surface area contributed by atoms with Gasteiger partial charge in [-0.15, -0.1) is 0 Å². The van der Waals surface area contributed by atoms with Gasteiger partial charge in [0, 0.05) is 42.1 Å². The Hall–Kier alpha value is -1.81. The van der Waals surface area contributed by atoms with Crippen LogP contribution in [0, 0.1) is 5.92 Å². The normalized spacial score (nSPS) is 27.0. The van der Waals surface area contributed by atoms with Gasteiger partial charge in [0.25, 0.3) is 0 Å². The highest BCUT2D eigenvalue weighted by Crippen LogP contribution is 2.44. The minimum atomic E-state index is 0.101. The van der Waals surface area contributed by atoms with Crippen LogP contribution >= 0.6 is 0 Å². The molecule has 0 radical (unpaired) electrons. The monoisotopic (exact) mass is 311 g/mol. The van der Waals surface area contributed by atoms with Gasteiger partial charge in [-0.3, -0.25) is 4.79 Å². The second-order valence-corrected chi connectivity index (χ2v) is 7.12. The number of amides is 1. The van der Waals surface area contributed by atoms with Gasteiger partial charge in [0.15, 0.2) is 0 Å². The Labute approximate surface area is 137 Å². The Morgan fingerprint density at radius 1 is 1.43 bits per heavy atom. The Morgan fingerprint density at radius 3 is 3.13 bits per heavy atom. The highest BCUT2D eigenvalue weighted by molar-refractivity contribution is 5.88. The number of aromatic nitrogens is 1. The summed E-state index contributed by atoms with van der Waals surface area (Å²) in [6, 6.07) is 7.07. The summed E-state index contributed by atoms with van der Waals surface area (Å²) >= 11 is 0. The molecular formula is C19H25N3O. The maximum Gasteiger partial charge on any atom is 0.224 e. The van der Waals surface area contributed by atoms with Gasteiger partial charge in [-0.1, -0.05) is 19.1 Å². The molecule has 2 aliphatic rings. The molecule has 2 N–H and O–H groups in total. The highest BCUT2D eigenvalue weighted by atomic mass is 16.1. The fourth-order valence-corrected chi connectivity index (χ4v) is 4.52. The van der Waals surface area contributed by atoms with Crippen molar-refractivity contribution < 1.29 is 4.79 Å². The Morgan fingerprint density at radius 2 is 2.30 bits per heavy atom. The number of carbonyl (C=O) groups is 1. The lowest BCUT2D eigenvalue weighted by Crippen LogP contribution is -2.51. The molecule has 2 aromatic rings. The van der Waals surface area contributed by atoms with Crippen molar-refractivity contribution in [2.75, 3.05) is 20.1 Å². The molecule has 1 aromatic heterocycles. The maximum absolute atomic E-state index is 12.5. The van der Waals surface area contributed by atoms with Crippen LogP contribution in [0.2, 0.25) is 0 Å². The molecule has 0 bridgehead atoms. The number of likely N-dealkylation sites (tertiary alicyclic amines) is 1. The van der Waals surface area contributed by atoms with E-state index < -0.39 is 0 Å². The first-order valence-corrected chi connectivity index (χ1v) is 8.76. The Balaban J connectivity index is 1.67. The summed E-state index contributed by atoms with van der Waals surface area (Å²) in [4.78, 5) is 18.3. The van der Waals surface area contributed by atoms with Crippen molar-refractivity contribution in [1.29, 1.82) is 0 Å². The van der Waals surface area contributed by atoms with Crippen LogP contribution in [0.4, 0.5) is 0 Å². The average Bonchev–Trinajstić information content (AvgIpc) is 2.98. The predicted octanol–water partition coefficient (Wildman–Crippen LogP) is 2.65. The lowest BCUT2D eigenvalue weighted by atomic mass is 9.72. The summed E-state index contributed by atoms with van der Waals surface area (Å²) in [7, 11) is 2.18. The van der Waals surface area contributed by atoms with Crippen molar-refractivity contribution >= 4 is 16.8 Å². The van der Waals surface area contributed by atoms with Crippen LogP contribution in [0.15, 0.2) is 24.4 Å². The van der Waals surface area contributed by atoms with Gasteiger partial charge in [0.2, 0.25) is 5.91 Å². The van der Waals surface area contributed by atoms with Gasteiger partial charge in [0.05, 0.1) is 5.92 Å². The van der Waals surface area contributed by atoms with Crippen LogP contribution in [-0.2, 0) is 11.2 Å². The smallest absolute Gasteiger partial charge is 0.224 e. The number of likely N-dealkylation sites (N-methyl/N-ethyl adjacent to an activating group) is 1. The molecule has 1 fully saturated rings. The summed E-state index contributed by atoms with van der Waals surface area (Å²) in [6.45, 7) is 3.75. The molecule has 122 valence electrons. The zero-order valence-corrected chi connectivity index (χ0v) is 13.9. The van der Waals surface area contributed by atoms with Crippen LogP contribution in [0.3, 0.4) is 0 Å². The van der Waals surface area contributed by atoms with E-state index >= 15 is 0 Å². The first-order valence-electron chi connectivity index (χ1n) is 8.76. The summed E-state index contributed by atoms with van der Waals surface area (Å²) in [5.41, 5.74) is 4.09. The van der Waals surface area contributed by atoms with Gasteiger partial charge < -0.3 is 15.2 Å². The molecule has 0 spiro atoms. The van der Waals surface area contributed by atoms with E-state index in [-0.39, 0.29) is 11.8 Å². The summed E-state index contributed by atoms with van der Waals surface area (Å²) in [5.74, 6) is 0.783. The van der Waals surface area contributed by atoms with Crippen molar-refractivity contribution in [1.82, 2.24) is 15.2 Å². The topological polar surface area (TPSA) is 48.1 Å². The van der Waals surface area contributed by atoms with Crippen LogP contribution in [-0.4, -0.2) is 42.0 Å². The fourth-order valence-electron chi connectivity index (χ4n) is 4.52. The number of carbonyl (C=O) groups excluding carboxylic acids is 1. The average molecular weight is 311 g/mol. The molecule has 1 amide bonds. The summed E-state index contributed by atoms with van der Waals surface area (Å²) in [6.07, 6.45) is 5.21. The van der Waals surface area contributed by atoms with Gasteiger partial charge in [0.1, 0.15) is 0 Å². The molecule has 1 saturated heterocycles. The van der Waals surface area contributed by atoms with Crippen molar-refractivity contribution in [2.24, 2.45) is 5.92 Å². The summed E-state index contributed by atoms with van der Waals surface area (Å²) < 4.78 is 0. The summed E-state index contributed by atoms with van der Waals surface area (Å²) in [5, 5.41) is 4.49. The zero-order chi connectivity index (χ0) is 16.0. The van der Waals surface area contributed by atoms with E-state index in [1.54, 1.807) is 0 Å². The van der Waals surface area contributed by atoms with Crippen LogP contribution in [0.1, 0.15) is 36.8 Å². The largest absolute Gasteiger partial charge is 0.361 e. The highest BCUT2D eigenvalue weighted by Gasteiger charge is 2.41. The van der Waals surface area contributed by atoms with Gasteiger partial charge in [-0.25, -0.2) is 0 Å². The van der Waals surface area contributed by atoms with E-state index in [4.69, 9.17) is 0 Å². The molecule has 1 aliphatic heterocycles. The molecule has 23 heavy (non-hydrogen) atoms. The van der Waals surface area contributed by atoms with Crippen molar-refractivity contribution in [3.8, 4) is 0 Å². The number of aromatic amines is 1. The minimum absolute atomic E-state index is 0.101. The van der Waals surface area contributed by atoms with E-state index in [0.717, 1.165) is 32.4 Å². The van der Waals surface area contributed by atoms with Gasteiger partial charge in [-0.2, -0.15) is 0 Å². The van der Waals surface area contributed by atoms with E-state index in [1.807, 2.05) is 0 Å². The van der Waals surface area contributed by atoms with E-state index in [2.05, 4.69) is 53.6 Å². The van der Waals surface area contributed by atoms with Crippen LogP contribution < -0.4 is 5.32 Å². The number of hydrogen-bond donors (Lipinski definition) is 2. The van der Waals surface area contributed by atoms with Crippen LogP contribution in [0.5, 0.6) is 0 Å². The van der Waals surface area contributed by atoms with Gasteiger partial charge >= 0.3 is 0 Å². The SMILES string of the molecule is CCCNC(=O)C1CC2c3cccc4[nH]cc(c34)C[C@H]2N(C)C1. The molecule has 0 saturated carbocycles. The fraction of sp³-hybridized carbons (Fsp3) is 0.526. The Bertz CT molecular complexity index is 735. The third-order valence-corrected chi connectivity index (χ3v) is 5.65. The zero-order valence-electron chi connectivity index (χ0n) is 13.9. The van der Waals surface area contributed by atoms with Gasteiger partial charge in [-0.05, 0) is 43.5 Å². The number of fused-ring (bicyclic) bond motifs is 2. The second-order valence-electron chi connectivity index (χ2n) is 7.12. The molecule has 4 rings (SSSR count). The molecule has 2 heterocycles.